The predicted octanol–water partition coefficient (Wildman–Crippen LogP) is 20.2. The first-order valence-corrected chi connectivity index (χ1v) is 39.9. The van der Waals surface area contributed by atoms with Gasteiger partial charge in [0.1, 0.15) is 19.3 Å². The van der Waals surface area contributed by atoms with Gasteiger partial charge in [-0.05, 0) is 43.4 Å². The summed E-state index contributed by atoms with van der Waals surface area (Å²) in [5.74, 6) is 0.225. The Bertz CT molecular complexity index is 1770. The molecule has 0 amide bonds. The SMILES string of the molecule is CCCCCCCC(=O)OC[C@H](COP(=O)(O)OC[C@H](O)COP(=O)(O)OC[C@@H](COC(=O)CCCCCCCCCCCCCCCCC(C)CC)OC(=O)CCCCCCCCCCCCCCCCC(C)CC)OC(=O)CCCCCCCCC(C)C. The highest BCUT2D eigenvalue weighted by atomic mass is 31.2. The summed E-state index contributed by atoms with van der Waals surface area (Å²) < 4.78 is 68.0. The number of rotatable bonds is 69. The first-order chi connectivity index (χ1) is 43.3. The van der Waals surface area contributed by atoms with Crippen LogP contribution in [0, 0.1) is 17.8 Å². The van der Waals surface area contributed by atoms with Gasteiger partial charge in [0.15, 0.2) is 12.2 Å². The second-order valence-corrected chi connectivity index (χ2v) is 29.5. The minimum absolute atomic E-state index is 0.101. The lowest BCUT2D eigenvalue weighted by Crippen LogP contribution is -2.30. The normalized spacial score (nSPS) is 14.8. The molecule has 0 saturated carbocycles. The van der Waals surface area contributed by atoms with E-state index >= 15 is 0 Å². The number of ether oxygens (including phenoxy) is 4. The molecule has 19 heteroatoms. The van der Waals surface area contributed by atoms with Crippen molar-refractivity contribution in [3.63, 3.8) is 0 Å². The van der Waals surface area contributed by atoms with Gasteiger partial charge in [-0.2, -0.15) is 0 Å². The molecule has 0 bridgehead atoms. The minimum Gasteiger partial charge on any atom is -0.462 e. The average molecular weight is 1330 g/mol. The van der Waals surface area contributed by atoms with Crippen LogP contribution in [-0.2, 0) is 65.4 Å². The van der Waals surface area contributed by atoms with E-state index in [9.17, 15) is 43.2 Å². The van der Waals surface area contributed by atoms with E-state index in [4.69, 9.17) is 37.0 Å². The Hall–Kier alpha value is -1.94. The van der Waals surface area contributed by atoms with Crippen molar-refractivity contribution in [1.82, 2.24) is 0 Å². The summed E-state index contributed by atoms with van der Waals surface area (Å²) in [4.78, 5) is 72.2. The number of aliphatic hydroxyl groups excluding tert-OH is 1. The summed E-state index contributed by atoms with van der Waals surface area (Å²) in [7, 11) is -9.89. The average Bonchev–Trinajstić information content (AvgIpc) is 2.39. The summed E-state index contributed by atoms with van der Waals surface area (Å²) in [6.45, 7) is 11.8. The zero-order chi connectivity index (χ0) is 66.6. The number of phosphoric acid groups is 2. The van der Waals surface area contributed by atoms with E-state index in [0.717, 1.165) is 108 Å². The molecule has 0 aromatic heterocycles. The van der Waals surface area contributed by atoms with Crippen LogP contribution >= 0.6 is 15.6 Å². The molecule has 17 nitrogen and oxygen atoms in total. The Labute approximate surface area is 549 Å². The van der Waals surface area contributed by atoms with E-state index in [1.165, 1.54) is 161 Å². The molecule has 0 aliphatic rings. The van der Waals surface area contributed by atoms with Crippen LogP contribution in [0.25, 0.3) is 0 Å². The van der Waals surface area contributed by atoms with Crippen molar-refractivity contribution in [1.29, 1.82) is 0 Å². The van der Waals surface area contributed by atoms with Crippen LogP contribution in [0.1, 0.15) is 357 Å². The second-order valence-electron chi connectivity index (χ2n) is 26.6. The van der Waals surface area contributed by atoms with Crippen molar-refractivity contribution in [2.24, 2.45) is 17.8 Å². The van der Waals surface area contributed by atoms with Crippen LogP contribution in [0.3, 0.4) is 0 Å². The summed E-state index contributed by atoms with van der Waals surface area (Å²) >= 11 is 0. The maximum atomic E-state index is 13.0. The monoisotopic (exact) mass is 1320 g/mol. The molecule has 0 aliphatic carbocycles. The molecule has 0 aliphatic heterocycles. The molecular weight excluding hydrogens is 1190 g/mol. The highest BCUT2D eigenvalue weighted by Gasteiger charge is 2.30. The number of hydrogen-bond donors (Lipinski definition) is 3. The maximum Gasteiger partial charge on any atom is 0.472 e. The summed E-state index contributed by atoms with van der Waals surface area (Å²) in [5, 5.41) is 10.6. The topological polar surface area (TPSA) is 237 Å². The molecule has 0 saturated heterocycles. The minimum atomic E-state index is -4.95. The predicted molar refractivity (Wildman–Crippen MR) is 363 cm³/mol. The van der Waals surface area contributed by atoms with Gasteiger partial charge in [-0.25, -0.2) is 9.13 Å². The molecule has 0 aromatic rings. The molecule has 534 valence electrons. The number of carbonyl (C=O) groups excluding carboxylic acids is 4. The standard InChI is InChI=1S/C71H138O17P2/c1-8-11-12-35-45-52-68(73)81-58-66(88-71(76)55-48-41-34-33-36-42-49-62(4)5)60-85-89(77,78)83-56-65(72)57-84-90(79,80)86-61-67(87-70(75)54-47-40-32-28-24-20-16-14-18-22-26-30-38-44-51-64(7)10-3)59-82-69(74)53-46-39-31-27-23-19-15-13-17-21-25-29-37-43-50-63(6)9-2/h62-67,72H,8-61H2,1-7H3,(H,77,78)(H,79,80)/t63?,64?,65-,66+,67+/m0/s1. The Morgan fingerprint density at radius 2 is 0.567 bits per heavy atom. The fourth-order valence-corrected chi connectivity index (χ4v) is 12.2. The quantitative estimate of drug-likeness (QED) is 0.0222. The van der Waals surface area contributed by atoms with E-state index < -0.39 is 97.5 Å². The number of hydrogen-bond acceptors (Lipinski definition) is 15. The van der Waals surface area contributed by atoms with Crippen molar-refractivity contribution in [3.05, 3.63) is 0 Å². The lowest BCUT2D eigenvalue weighted by molar-refractivity contribution is -0.161. The fraction of sp³-hybridized carbons (Fsp3) is 0.944. The highest BCUT2D eigenvalue weighted by Crippen LogP contribution is 2.45. The molecule has 0 heterocycles. The third-order valence-electron chi connectivity index (χ3n) is 17.1. The summed E-state index contributed by atoms with van der Waals surface area (Å²) in [6, 6.07) is 0. The fourth-order valence-electron chi connectivity index (χ4n) is 10.7. The van der Waals surface area contributed by atoms with Crippen LogP contribution in [0.15, 0.2) is 0 Å². The Morgan fingerprint density at radius 1 is 0.322 bits per heavy atom. The highest BCUT2D eigenvalue weighted by molar-refractivity contribution is 7.47. The van der Waals surface area contributed by atoms with E-state index in [2.05, 4.69) is 48.5 Å². The largest absolute Gasteiger partial charge is 0.472 e. The van der Waals surface area contributed by atoms with Crippen molar-refractivity contribution in [3.8, 4) is 0 Å². The number of esters is 4. The smallest absolute Gasteiger partial charge is 0.462 e. The zero-order valence-electron chi connectivity index (χ0n) is 58.6. The van der Waals surface area contributed by atoms with E-state index in [1.807, 2.05) is 0 Å². The zero-order valence-corrected chi connectivity index (χ0v) is 60.4. The Morgan fingerprint density at radius 3 is 0.844 bits per heavy atom. The van der Waals surface area contributed by atoms with Crippen LogP contribution in [-0.4, -0.2) is 96.7 Å². The van der Waals surface area contributed by atoms with Crippen molar-refractivity contribution in [2.45, 2.75) is 375 Å². The molecule has 0 rings (SSSR count). The molecule has 3 N–H and O–H groups in total. The van der Waals surface area contributed by atoms with Gasteiger partial charge >= 0.3 is 39.5 Å². The van der Waals surface area contributed by atoms with E-state index in [0.29, 0.717) is 31.6 Å². The van der Waals surface area contributed by atoms with Gasteiger partial charge in [0.05, 0.1) is 26.4 Å². The van der Waals surface area contributed by atoms with Crippen molar-refractivity contribution >= 4 is 39.5 Å². The molecule has 0 aromatic carbocycles. The molecule has 90 heavy (non-hydrogen) atoms. The molecule has 4 unspecified atom stereocenters. The van der Waals surface area contributed by atoms with Crippen molar-refractivity contribution < 1.29 is 80.2 Å². The number of unbranched alkanes of at least 4 members (excludes halogenated alkanes) is 35. The van der Waals surface area contributed by atoms with Crippen LogP contribution in [0.2, 0.25) is 0 Å². The van der Waals surface area contributed by atoms with Crippen LogP contribution < -0.4 is 0 Å². The summed E-state index contributed by atoms with van der Waals surface area (Å²) in [6.07, 6.45) is 46.3. The van der Waals surface area contributed by atoms with Crippen molar-refractivity contribution in [2.75, 3.05) is 39.6 Å². The van der Waals surface area contributed by atoms with Crippen LogP contribution in [0.5, 0.6) is 0 Å². The van der Waals surface area contributed by atoms with Gasteiger partial charge in [0, 0.05) is 25.7 Å². The number of carbonyl (C=O) groups is 4. The molecular formula is C71H138O17P2. The lowest BCUT2D eigenvalue weighted by Gasteiger charge is -2.21. The second kappa shape index (κ2) is 61.9. The Balaban J connectivity index is 5.14. The van der Waals surface area contributed by atoms with Gasteiger partial charge in [-0.3, -0.25) is 37.3 Å². The van der Waals surface area contributed by atoms with Gasteiger partial charge in [-0.1, -0.05) is 305 Å². The van der Waals surface area contributed by atoms with Crippen LogP contribution in [0.4, 0.5) is 0 Å². The number of phosphoric ester groups is 2. The van der Waals surface area contributed by atoms with E-state index in [-0.39, 0.29) is 25.7 Å². The summed E-state index contributed by atoms with van der Waals surface area (Å²) in [5.41, 5.74) is 0. The third-order valence-corrected chi connectivity index (χ3v) is 19.0. The van der Waals surface area contributed by atoms with Gasteiger partial charge < -0.3 is 33.8 Å². The first kappa shape index (κ1) is 88.1. The maximum absolute atomic E-state index is 13.0. The number of aliphatic hydroxyl groups is 1. The lowest BCUT2D eigenvalue weighted by atomic mass is 9.99. The molecule has 0 radical (unpaired) electrons. The van der Waals surface area contributed by atoms with Gasteiger partial charge in [-0.15, -0.1) is 0 Å². The molecule has 0 fully saturated rings. The molecule has 7 atom stereocenters. The third kappa shape index (κ3) is 62.2. The molecule has 0 spiro atoms. The van der Waals surface area contributed by atoms with Gasteiger partial charge in [0.2, 0.25) is 0 Å². The van der Waals surface area contributed by atoms with E-state index in [1.54, 1.807) is 0 Å². The van der Waals surface area contributed by atoms with Gasteiger partial charge in [0.25, 0.3) is 0 Å². The first-order valence-electron chi connectivity index (χ1n) is 36.9. The Kier molecular flexibility index (Phi) is 60.6.